The van der Waals surface area contributed by atoms with Crippen molar-refractivity contribution in [1.29, 1.82) is 0 Å². The normalized spacial score (nSPS) is 26.4. The molecule has 0 aromatic rings. The van der Waals surface area contributed by atoms with E-state index in [1.165, 1.54) is 25.0 Å². The van der Waals surface area contributed by atoms with Gasteiger partial charge in [-0.15, -0.1) is 0 Å². The summed E-state index contributed by atoms with van der Waals surface area (Å²) in [6, 6.07) is 0. The predicted molar refractivity (Wildman–Crippen MR) is 56.6 cm³/mol. The van der Waals surface area contributed by atoms with Gasteiger partial charge in [0.15, 0.2) is 0 Å². The van der Waals surface area contributed by atoms with Gasteiger partial charge < -0.3 is 10.1 Å². The van der Waals surface area contributed by atoms with Gasteiger partial charge in [-0.2, -0.15) is 0 Å². The summed E-state index contributed by atoms with van der Waals surface area (Å²) in [5.41, 5.74) is 2.08. The predicted octanol–water partition coefficient (Wildman–Crippen LogP) is 2.37. The molecule has 1 fully saturated rings. The van der Waals surface area contributed by atoms with E-state index in [9.17, 15) is 0 Å². The first-order valence-electron chi connectivity index (χ1n) is 5.58. The van der Waals surface area contributed by atoms with Gasteiger partial charge in [0.2, 0.25) is 0 Å². The van der Waals surface area contributed by atoms with Gasteiger partial charge in [-0.05, 0) is 38.5 Å². The van der Waals surface area contributed by atoms with Crippen LogP contribution in [-0.2, 0) is 0 Å². The van der Waals surface area contributed by atoms with E-state index in [1.54, 1.807) is 0 Å². The van der Waals surface area contributed by atoms with Crippen LogP contribution < -0.4 is 0 Å². The number of nitrogens with zero attached hydrogens (tertiary/aromatic N) is 2. The van der Waals surface area contributed by atoms with Crippen LogP contribution in [-0.4, -0.2) is 28.9 Å². The molecule has 2 aliphatic rings. The van der Waals surface area contributed by atoms with Gasteiger partial charge in [0.1, 0.15) is 5.71 Å². The van der Waals surface area contributed by atoms with Gasteiger partial charge in [0, 0.05) is 13.1 Å². The highest BCUT2D eigenvalue weighted by Gasteiger charge is 2.20. The highest BCUT2D eigenvalue weighted by Crippen LogP contribution is 2.22. The second-order valence-electron chi connectivity index (χ2n) is 4.08. The fraction of sp³-hybridized carbons (Fsp3) is 0.727. The number of piperidine rings is 1. The molecule has 0 aromatic carbocycles. The minimum Gasteiger partial charge on any atom is -0.411 e. The Hall–Kier alpha value is -0.990. The van der Waals surface area contributed by atoms with Crippen LogP contribution in [0.5, 0.6) is 0 Å². The summed E-state index contributed by atoms with van der Waals surface area (Å²) in [5.74, 6) is 0. The van der Waals surface area contributed by atoms with Crippen molar-refractivity contribution in [3.05, 3.63) is 11.8 Å². The zero-order valence-corrected chi connectivity index (χ0v) is 8.58. The van der Waals surface area contributed by atoms with E-state index < -0.39 is 0 Å². The summed E-state index contributed by atoms with van der Waals surface area (Å²) in [7, 11) is 0. The molecule has 0 unspecified atom stereocenters. The lowest BCUT2D eigenvalue weighted by Crippen LogP contribution is -2.33. The Morgan fingerprint density at radius 3 is 2.64 bits per heavy atom. The molecule has 1 saturated heterocycles. The second-order valence-corrected chi connectivity index (χ2v) is 4.08. The topological polar surface area (TPSA) is 35.8 Å². The van der Waals surface area contributed by atoms with E-state index in [4.69, 9.17) is 5.21 Å². The number of hydrogen-bond donors (Lipinski definition) is 1. The number of allylic oxidation sites excluding steroid dienone is 2. The maximum atomic E-state index is 8.91. The van der Waals surface area contributed by atoms with E-state index in [2.05, 4.69) is 16.1 Å². The molecule has 0 bridgehead atoms. The number of hydrogen-bond acceptors (Lipinski definition) is 3. The molecule has 0 saturated carbocycles. The van der Waals surface area contributed by atoms with Crippen LogP contribution in [0.15, 0.2) is 16.9 Å². The Balaban J connectivity index is 2.09. The van der Waals surface area contributed by atoms with Gasteiger partial charge in [-0.1, -0.05) is 11.2 Å². The SMILES string of the molecule is ON=C1CCCC=C1N1CCCCC1. The van der Waals surface area contributed by atoms with Gasteiger partial charge in [0.25, 0.3) is 0 Å². The van der Waals surface area contributed by atoms with Crippen LogP contribution >= 0.6 is 0 Å². The molecule has 2 rings (SSSR count). The van der Waals surface area contributed by atoms with E-state index in [0.717, 1.165) is 38.1 Å². The number of rotatable bonds is 1. The summed E-state index contributed by atoms with van der Waals surface area (Å²) in [6.07, 6.45) is 9.30. The molecule has 0 amide bonds. The average molecular weight is 194 g/mol. The molecular weight excluding hydrogens is 176 g/mol. The van der Waals surface area contributed by atoms with Crippen molar-refractivity contribution < 1.29 is 5.21 Å². The van der Waals surface area contributed by atoms with Crippen molar-refractivity contribution >= 4 is 5.71 Å². The molecule has 1 heterocycles. The minimum absolute atomic E-state index is 0.887. The number of oxime groups is 1. The zero-order chi connectivity index (χ0) is 9.80. The van der Waals surface area contributed by atoms with Gasteiger partial charge in [-0.25, -0.2) is 0 Å². The number of likely N-dealkylation sites (tertiary alicyclic amines) is 1. The van der Waals surface area contributed by atoms with Crippen LogP contribution in [0.25, 0.3) is 0 Å². The van der Waals surface area contributed by atoms with Crippen LogP contribution in [0.1, 0.15) is 38.5 Å². The summed E-state index contributed by atoms with van der Waals surface area (Å²) in [4.78, 5) is 2.37. The lowest BCUT2D eigenvalue weighted by Gasteiger charge is -2.32. The Bertz CT molecular complexity index is 252. The maximum Gasteiger partial charge on any atom is 0.102 e. The fourth-order valence-electron chi connectivity index (χ4n) is 2.30. The molecule has 1 aliphatic carbocycles. The second kappa shape index (κ2) is 4.49. The van der Waals surface area contributed by atoms with Crippen molar-refractivity contribution in [3.63, 3.8) is 0 Å². The van der Waals surface area contributed by atoms with Crippen LogP contribution in [0.2, 0.25) is 0 Å². The van der Waals surface area contributed by atoms with Crippen molar-refractivity contribution in [3.8, 4) is 0 Å². The largest absolute Gasteiger partial charge is 0.411 e. The molecule has 0 atom stereocenters. The first kappa shape index (κ1) is 9.56. The summed E-state index contributed by atoms with van der Waals surface area (Å²) < 4.78 is 0. The van der Waals surface area contributed by atoms with Gasteiger partial charge >= 0.3 is 0 Å². The first-order chi connectivity index (χ1) is 6.92. The molecule has 0 radical (unpaired) electrons. The third-order valence-electron chi connectivity index (χ3n) is 3.07. The van der Waals surface area contributed by atoms with E-state index >= 15 is 0 Å². The smallest absolute Gasteiger partial charge is 0.102 e. The summed E-state index contributed by atoms with van der Waals surface area (Å²) >= 11 is 0. The van der Waals surface area contributed by atoms with Crippen molar-refractivity contribution in [2.45, 2.75) is 38.5 Å². The highest BCUT2D eigenvalue weighted by atomic mass is 16.4. The Morgan fingerprint density at radius 2 is 1.93 bits per heavy atom. The summed E-state index contributed by atoms with van der Waals surface area (Å²) in [5, 5.41) is 12.3. The molecule has 78 valence electrons. The molecular formula is C11H18N2O. The average Bonchev–Trinajstić information content (AvgIpc) is 2.30. The van der Waals surface area contributed by atoms with Crippen LogP contribution in [0.3, 0.4) is 0 Å². The van der Waals surface area contributed by atoms with Crippen molar-refractivity contribution in [1.82, 2.24) is 4.90 Å². The molecule has 14 heavy (non-hydrogen) atoms. The quantitative estimate of drug-likeness (QED) is 0.514. The van der Waals surface area contributed by atoms with Gasteiger partial charge in [0.05, 0.1) is 5.70 Å². The monoisotopic (exact) mass is 194 g/mol. The third kappa shape index (κ3) is 1.91. The Kier molecular flexibility index (Phi) is 3.07. The van der Waals surface area contributed by atoms with Gasteiger partial charge in [-0.3, -0.25) is 0 Å². The lowest BCUT2D eigenvalue weighted by atomic mass is 9.99. The van der Waals surface area contributed by atoms with Crippen molar-refractivity contribution in [2.24, 2.45) is 5.16 Å². The standard InChI is InChI=1S/C11H18N2O/c14-12-10-6-2-3-7-11(10)13-8-4-1-5-9-13/h7,14H,1-6,8-9H2. The molecule has 3 nitrogen and oxygen atoms in total. The Morgan fingerprint density at radius 1 is 1.14 bits per heavy atom. The Labute approximate surface area is 85.1 Å². The summed E-state index contributed by atoms with van der Waals surface area (Å²) in [6.45, 7) is 2.26. The highest BCUT2D eigenvalue weighted by molar-refractivity contribution is 5.99. The molecule has 3 heteroatoms. The molecule has 1 N–H and O–H groups in total. The van der Waals surface area contributed by atoms with Crippen molar-refractivity contribution in [2.75, 3.05) is 13.1 Å². The van der Waals surface area contributed by atoms with E-state index in [1.807, 2.05) is 0 Å². The van der Waals surface area contributed by atoms with Crippen LogP contribution in [0, 0.1) is 0 Å². The minimum atomic E-state index is 0.887. The first-order valence-corrected chi connectivity index (χ1v) is 5.58. The van der Waals surface area contributed by atoms with E-state index in [-0.39, 0.29) is 0 Å². The fourth-order valence-corrected chi connectivity index (χ4v) is 2.30. The van der Waals surface area contributed by atoms with Crippen LogP contribution in [0.4, 0.5) is 0 Å². The zero-order valence-electron chi connectivity index (χ0n) is 8.58. The lowest BCUT2D eigenvalue weighted by molar-refractivity contribution is 0.285. The third-order valence-corrected chi connectivity index (χ3v) is 3.07. The van der Waals surface area contributed by atoms with E-state index in [0.29, 0.717) is 0 Å². The molecule has 0 aromatic heterocycles. The maximum absolute atomic E-state index is 8.91. The molecule has 0 spiro atoms. The molecule has 1 aliphatic heterocycles.